The minimum atomic E-state index is -3.00. The molecule has 3 N–H and O–H groups in total. The van der Waals surface area contributed by atoms with Crippen molar-refractivity contribution in [2.45, 2.75) is 18.1 Å². The van der Waals surface area contributed by atoms with Crippen molar-refractivity contribution in [1.29, 1.82) is 0 Å². The minimum Gasteiger partial charge on any atom is -0.390 e. The molecule has 100 valence electrons. The fraction of sp³-hybridized carbons (Fsp3) is 0.500. The molecule has 0 spiro atoms. The van der Waals surface area contributed by atoms with E-state index in [0.29, 0.717) is 0 Å². The van der Waals surface area contributed by atoms with E-state index in [0.717, 1.165) is 6.07 Å². The van der Waals surface area contributed by atoms with Gasteiger partial charge in [-0.3, -0.25) is 0 Å². The molecule has 0 saturated carbocycles. The molecule has 1 aromatic carbocycles. The van der Waals surface area contributed by atoms with Crippen LogP contribution in [-0.4, -0.2) is 30.8 Å². The first-order chi connectivity index (χ1) is 8.48. The Morgan fingerprint density at radius 1 is 1.33 bits per heavy atom. The first-order valence-corrected chi connectivity index (χ1v) is 5.55. The SMILES string of the molecule is N[C@@](c1ccccc1F)(C(F)F)[C@H]1COC[C@H]1O. The maximum atomic E-state index is 13.7. The lowest BCUT2D eigenvalue weighted by Gasteiger charge is -2.36. The molecule has 0 aromatic heterocycles. The molecule has 1 heterocycles. The topological polar surface area (TPSA) is 55.5 Å². The van der Waals surface area contributed by atoms with Crippen LogP contribution in [0.25, 0.3) is 0 Å². The number of hydrogen-bond donors (Lipinski definition) is 2. The predicted octanol–water partition coefficient (Wildman–Crippen LogP) is 1.25. The fourth-order valence-corrected chi connectivity index (χ4v) is 2.29. The Kier molecular flexibility index (Phi) is 3.61. The van der Waals surface area contributed by atoms with E-state index in [1.165, 1.54) is 18.2 Å². The highest BCUT2D eigenvalue weighted by atomic mass is 19.3. The van der Waals surface area contributed by atoms with Gasteiger partial charge in [-0.05, 0) is 6.07 Å². The van der Waals surface area contributed by atoms with Crippen molar-refractivity contribution in [3.05, 3.63) is 35.6 Å². The molecule has 1 aliphatic rings. The lowest BCUT2D eigenvalue weighted by Crippen LogP contribution is -2.54. The van der Waals surface area contributed by atoms with Gasteiger partial charge in [-0.15, -0.1) is 0 Å². The van der Waals surface area contributed by atoms with Crippen molar-refractivity contribution in [1.82, 2.24) is 0 Å². The van der Waals surface area contributed by atoms with Gasteiger partial charge in [-0.1, -0.05) is 18.2 Å². The maximum absolute atomic E-state index is 13.7. The van der Waals surface area contributed by atoms with Crippen LogP contribution in [0.2, 0.25) is 0 Å². The lowest BCUT2D eigenvalue weighted by molar-refractivity contribution is -0.0185. The fourth-order valence-electron chi connectivity index (χ4n) is 2.29. The van der Waals surface area contributed by atoms with Gasteiger partial charge in [-0.25, -0.2) is 13.2 Å². The van der Waals surface area contributed by atoms with Crippen LogP contribution in [0.5, 0.6) is 0 Å². The van der Waals surface area contributed by atoms with Gasteiger partial charge in [0.25, 0.3) is 6.43 Å². The van der Waals surface area contributed by atoms with E-state index >= 15 is 0 Å². The maximum Gasteiger partial charge on any atom is 0.260 e. The van der Waals surface area contributed by atoms with Gasteiger partial charge in [0.15, 0.2) is 0 Å². The molecular weight excluding hydrogens is 247 g/mol. The molecule has 3 nitrogen and oxygen atoms in total. The summed E-state index contributed by atoms with van der Waals surface area (Å²) in [5.41, 5.74) is 3.18. The van der Waals surface area contributed by atoms with Crippen LogP contribution in [0.4, 0.5) is 13.2 Å². The summed E-state index contributed by atoms with van der Waals surface area (Å²) < 4.78 is 45.3. The average molecular weight is 261 g/mol. The van der Waals surface area contributed by atoms with Crippen molar-refractivity contribution >= 4 is 0 Å². The second-order valence-corrected chi connectivity index (χ2v) is 4.42. The number of alkyl halides is 2. The summed E-state index contributed by atoms with van der Waals surface area (Å²) in [4.78, 5) is 0. The van der Waals surface area contributed by atoms with E-state index in [2.05, 4.69) is 0 Å². The van der Waals surface area contributed by atoms with Gasteiger partial charge in [-0.2, -0.15) is 0 Å². The molecule has 18 heavy (non-hydrogen) atoms. The molecule has 0 amide bonds. The van der Waals surface area contributed by atoms with Crippen LogP contribution in [0, 0.1) is 11.7 Å². The van der Waals surface area contributed by atoms with Crippen molar-refractivity contribution in [2.75, 3.05) is 13.2 Å². The Morgan fingerprint density at radius 3 is 2.50 bits per heavy atom. The predicted molar refractivity (Wildman–Crippen MR) is 58.6 cm³/mol. The highest BCUT2D eigenvalue weighted by Crippen LogP contribution is 2.39. The zero-order valence-corrected chi connectivity index (χ0v) is 9.52. The highest BCUT2D eigenvalue weighted by molar-refractivity contribution is 5.28. The lowest BCUT2D eigenvalue weighted by atomic mass is 9.77. The number of ether oxygens (including phenoxy) is 1. The van der Waals surface area contributed by atoms with E-state index in [9.17, 15) is 18.3 Å². The van der Waals surface area contributed by atoms with E-state index in [-0.39, 0.29) is 18.8 Å². The quantitative estimate of drug-likeness (QED) is 0.861. The molecule has 1 fully saturated rings. The van der Waals surface area contributed by atoms with E-state index < -0.39 is 29.8 Å². The summed E-state index contributed by atoms with van der Waals surface area (Å²) in [6, 6.07) is 5.12. The van der Waals surface area contributed by atoms with Crippen LogP contribution in [0.3, 0.4) is 0 Å². The third kappa shape index (κ3) is 2.00. The number of aliphatic hydroxyl groups excluding tert-OH is 1. The first kappa shape index (κ1) is 13.3. The molecule has 2 rings (SSSR count). The van der Waals surface area contributed by atoms with Crippen LogP contribution >= 0.6 is 0 Å². The van der Waals surface area contributed by atoms with E-state index in [4.69, 9.17) is 10.5 Å². The summed E-state index contributed by atoms with van der Waals surface area (Å²) >= 11 is 0. The van der Waals surface area contributed by atoms with Gasteiger partial charge in [0.05, 0.1) is 19.3 Å². The molecule has 3 atom stereocenters. The number of halogens is 3. The van der Waals surface area contributed by atoms with E-state index in [1.54, 1.807) is 0 Å². The number of benzene rings is 1. The summed E-state index contributed by atoms with van der Waals surface area (Å²) in [5.74, 6) is -1.84. The van der Waals surface area contributed by atoms with Crippen molar-refractivity contribution in [2.24, 2.45) is 11.7 Å². The standard InChI is InChI=1S/C12H14F3NO2/c13-9-4-2-1-3-7(9)12(16,11(14)15)8-5-18-6-10(8)17/h1-4,8,10-11,17H,5-6,16H2/t8-,10+,12+/m0/s1. The minimum absolute atomic E-state index is 0.0647. The molecule has 1 aromatic rings. The Labute approximate surface area is 102 Å². The van der Waals surface area contributed by atoms with Crippen LogP contribution in [-0.2, 0) is 10.3 Å². The molecular formula is C12H14F3NO2. The summed E-state index contributed by atoms with van der Waals surface area (Å²) in [7, 11) is 0. The van der Waals surface area contributed by atoms with Gasteiger partial charge in [0.1, 0.15) is 11.4 Å². The Bertz CT molecular complexity index is 430. The third-order valence-corrected chi connectivity index (χ3v) is 3.37. The number of aliphatic hydroxyl groups is 1. The summed E-state index contributed by atoms with van der Waals surface area (Å²) in [6.45, 7) is -0.179. The monoisotopic (exact) mass is 261 g/mol. The van der Waals surface area contributed by atoms with Crippen LogP contribution in [0.1, 0.15) is 5.56 Å². The zero-order chi connectivity index (χ0) is 13.3. The molecule has 0 unspecified atom stereocenters. The van der Waals surface area contributed by atoms with Gasteiger partial charge in [0, 0.05) is 11.5 Å². The van der Waals surface area contributed by atoms with Crippen LogP contribution < -0.4 is 5.73 Å². The third-order valence-electron chi connectivity index (χ3n) is 3.37. The Morgan fingerprint density at radius 2 is 2.00 bits per heavy atom. The number of hydrogen-bond acceptors (Lipinski definition) is 3. The van der Waals surface area contributed by atoms with Gasteiger partial charge >= 0.3 is 0 Å². The Balaban J connectivity index is 2.47. The van der Waals surface area contributed by atoms with Gasteiger partial charge in [0.2, 0.25) is 0 Å². The van der Waals surface area contributed by atoms with Crippen LogP contribution in [0.15, 0.2) is 24.3 Å². The van der Waals surface area contributed by atoms with Crippen molar-refractivity contribution < 1.29 is 23.0 Å². The van der Waals surface area contributed by atoms with E-state index in [1.807, 2.05) is 0 Å². The molecule has 0 radical (unpaired) electrons. The van der Waals surface area contributed by atoms with Crippen molar-refractivity contribution in [3.63, 3.8) is 0 Å². The average Bonchev–Trinajstić information content (AvgIpc) is 2.75. The second-order valence-electron chi connectivity index (χ2n) is 4.42. The molecule has 0 aliphatic carbocycles. The summed E-state index contributed by atoms with van der Waals surface area (Å²) in [6.07, 6.45) is -4.13. The zero-order valence-electron chi connectivity index (χ0n) is 9.52. The number of rotatable bonds is 3. The largest absolute Gasteiger partial charge is 0.390 e. The highest BCUT2D eigenvalue weighted by Gasteiger charge is 2.51. The summed E-state index contributed by atoms with van der Waals surface area (Å²) in [5, 5.41) is 9.66. The number of nitrogens with two attached hydrogens (primary N) is 1. The second kappa shape index (κ2) is 4.87. The smallest absolute Gasteiger partial charge is 0.260 e. The molecule has 6 heteroatoms. The molecule has 0 bridgehead atoms. The van der Waals surface area contributed by atoms with Crippen molar-refractivity contribution in [3.8, 4) is 0 Å². The Hall–Kier alpha value is -1.11. The molecule has 1 saturated heterocycles. The molecule has 1 aliphatic heterocycles. The van der Waals surface area contributed by atoms with Gasteiger partial charge < -0.3 is 15.6 Å². The first-order valence-electron chi connectivity index (χ1n) is 5.55. The normalized spacial score (nSPS) is 27.4.